The Balaban J connectivity index is -0.0000000669. The highest BCUT2D eigenvalue weighted by Gasteiger charge is 2.01. The zero-order chi connectivity index (χ0) is 20.7. The molecule has 0 bridgehead atoms. The van der Waals surface area contributed by atoms with Crippen molar-refractivity contribution in [2.45, 2.75) is 39.7 Å². The first-order valence-electron chi connectivity index (χ1n) is 6.06. The van der Waals surface area contributed by atoms with E-state index in [0.717, 1.165) is 6.92 Å². The minimum Gasteiger partial charge on any atom is -0.483 e. The molecule has 0 radical (unpaired) electrons. The van der Waals surface area contributed by atoms with E-state index >= 15 is 0 Å². The minimum atomic E-state index is -1.23. The number of carboxylic acids is 4. The van der Waals surface area contributed by atoms with Gasteiger partial charge in [-0.3, -0.25) is 19.2 Å². The molecule has 0 aromatic heterocycles. The van der Waals surface area contributed by atoms with E-state index in [9.17, 15) is 14.4 Å². The highest BCUT2D eigenvalue weighted by molar-refractivity contribution is 5.75. The molecule has 0 rings (SSSR count). The van der Waals surface area contributed by atoms with Crippen molar-refractivity contribution in [1.82, 2.24) is 0 Å². The van der Waals surface area contributed by atoms with Crippen molar-refractivity contribution in [3.05, 3.63) is 0 Å². The van der Waals surface area contributed by atoms with Gasteiger partial charge in [0.25, 0.3) is 12.4 Å². The molecule has 0 aliphatic heterocycles. The summed E-state index contributed by atoms with van der Waals surface area (Å²) in [6.07, 6.45) is -1.82. The number of aliphatic carboxylic acids is 4. The van der Waals surface area contributed by atoms with E-state index in [2.05, 4.69) is 0 Å². The lowest BCUT2D eigenvalue weighted by Gasteiger charge is -1.89. The maximum Gasteiger partial charge on any atom is 0.332 e. The molecule has 0 fully saturated rings. The van der Waals surface area contributed by atoms with Crippen LogP contribution in [0.3, 0.4) is 0 Å². The smallest absolute Gasteiger partial charge is 0.332 e. The van der Waals surface area contributed by atoms with Crippen molar-refractivity contribution < 1.29 is 59.7 Å². The minimum absolute atomic E-state index is 0.250. The maximum absolute atomic E-state index is 9.64. The zero-order valence-corrected chi connectivity index (χ0v) is 13.4. The first-order valence-corrected chi connectivity index (χ1v) is 6.06. The van der Waals surface area contributed by atoms with Crippen molar-refractivity contribution in [3.8, 4) is 0 Å². The summed E-state index contributed by atoms with van der Waals surface area (Å²) in [6.45, 7) is 3.96. The fourth-order valence-electron chi connectivity index (χ4n) is 0.214. The monoisotopic (exact) mass is 360 g/mol. The Morgan fingerprint density at radius 1 is 0.958 bits per heavy atom. The Kier molecular flexibility index (Phi) is 39.1. The predicted octanol–water partition coefficient (Wildman–Crippen LogP) is -0.822. The summed E-state index contributed by atoms with van der Waals surface area (Å²) in [5.41, 5.74) is 0. The molecule has 0 aromatic rings. The molecule has 0 heterocycles. The molecule has 12 heteroatoms. The average molecular weight is 360 g/mol. The van der Waals surface area contributed by atoms with E-state index in [1.54, 1.807) is 6.92 Å². The van der Waals surface area contributed by atoms with Crippen LogP contribution in [0.15, 0.2) is 0 Å². The Hall–Kier alpha value is -2.73. The number of carbonyl (C=O) groups is 5. The van der Waals surface area contributed by atoms with Crippen LogP contribution < -0.4 is 0 Å². The number of aliphatic hydroxyl groups excluding tert-OH is 2. The third-order valence-electron chi connectivity index (χ3n) is 0.910. The highest BCUT2D eigenvalue weighted by Crippen LogP contribution is 1.86. The Morgan fingerprint density at radius 3 is 1.12 bits per heavy atom. The van der Waals surface area contributed by atoms with Gasteiger partial charge in [-0.2, -0.15) is 0 Å². The summed E-state index contributed by atoms with van der Waals surface area (Å²) in [5.74, 6) is -4.17. The lowest BCUT2D eigenvalue weighted by molar-refractivity contribution is -0.145. The number of rotatable bonds is 4. The van der Waals surface area contributed by atoms with Crippen molar-refractivity contribution in [1.29, 1.82) is 0 Å². The van der Waals surface area contributed by atoms with Crippen LogP contribution in [0.25, 0.3) is 0 Å². The van der Waals surface area contributed by atoms with E-state index in [-0.39, 0.29) is 25.9 Å². The molecule has 144 valence electrons. The second kappa shape index (κ2) is 28.4. The van der Waals surface area contributed by atoms with Gasteiger partial charge in [-0.25, -0.2) is 4.79 Å². The van der Waals surface area contributed by atoms with E-state index in [1.807, 2.05) is 0 Å². The summed E-state index contributed by atoms with van der Waals surface area (Å²) in [7, 11) is 0. The first-order chi connectivity index (χ1) is 10.8. The van der Waals surface area contributed by atoms with E-state index in [1.165, 1.54) is 6.92 Å². The van der Waals surface area contributed by atoms with Gasteiger partial charge in [0, 0.05) is 13.5 Å². The number of hydrogen-bond acceptors (Lipinski definition) is 7. The third-order valence-corrected chi connectivity index (χ3v) is 0.910. The summed E-state index contributed by atoms with van der Waals surface area (Å²) in [4.78, 5) is 46.1. The lowest BCUT2D eigenvalue weighted by Crippen LogP contribution is -2.13. The summed E-state index contributed by atoms with van der Waals surface area (Å²) < 4.78 is 0. The molecule has 0 aliphatic rings. The SMILES string of the molecule is CC(=O)O.CC(O)C(=O)O.CCO.O=C(O)CCC(=O)O.O=CO. The molecular weight excluding hydrogens is 336 g/mol. The highest BCUT2D eigenvalue weighted by atomic mass is 16.4. The van der Waals surface area contributed by atoms with Crippen LogP contribution in [0, 0.1) is 0 Å². The topological polar surface area (TPSA) is 227 Å². The second-order valence-electron chi connectivity index (χ2n) is 3.24. The molecule has 12 nitrogen and oxygen atoms in total. The van der Waals surface area contributed by atoms with Crippen LogP contribution in [-0.4, -0.2) is 78.8 Å². The molecule has 24 heavy (non-hydrogen) atoms. The van der Waals surface area contributed by atoms with Crippen molar-refractivity contribution >= 4 is 30.3 Å². The Bertz CT molecular complexity index is 319. The number of hydrogen-bond donors (Lipinski definition) is 7. The van der Waals surface area contributed by atoms with Gasteiger partial charge in [0.05, 0.1) is 12.8 Å². The van der Waals surface area contributed by atoms with E-state index in [4.69, 9.17) is 45.3 Å². The van der Waals surface area contributed by atoms with Crippen LogP contribution >= 0.6 is 0 Å². The molecule has 0 spiro atoms. The molecule has 7 N–H and O–H groups in total. The zero-order valence-electron chi connectivity index (χ0n) is 13.4. The lowest BCUT2D eigenvalue weighted by atomic mass is 10.3. The number of carboxylic acid groups (broad SMARTS) is 5. The van der Waals surface area contributed by atoms with Gasteiger partial charge in [0.1, 0.15) is 6.10 Å². The molecule has 0 amide bonds. The van der Waals surface area contributed by atoms with Gasteiger partial charge < -0.3 is 35.7 Å². The Labute approximate surface area is 137 Å². The van der Waals surface area contributed by atoms with Gasteiger partial charge in [0.15, 0.2) is 0 Å². The quantitative estimate of drug-likeness (QED) is 0.305. The molecule has 0 aliphatic carbocycles. The molecule has 0 saturated heterocycles. The van der Waals surface area contributed by atoms with Gasteiger partial charge in [-0.1, -0.05) is 0 Å². The summed E-state index contributed by atoms with van der Waals surface area (Å²) in [6, 6.07) is 0. The van der Waals surface area contributed by atoms with Crippen molar-refractivity contribution in [3.63, 3.8) is 0 Å². The second-order valence-corrected chi connectivity index (χ2v) is 3.24. The van der Waals surface area contributed by atoms with Crippen LogP contribution in [0.2, 0.25) is 0 Å². The fraction of sp³-hybridized carbons (Fsp3) is 0.583. The van der Waals surface area contributed by atoms with Crippen LogP contribution in [0.1, 0.15) is 33.6 Å². The van der Waals surface area contributed by atoms with Gasteiger partial charge in [-0.15, -0.1) is 0 Å². The molecule has 1 atom stereocenters. The van der Waals surface area contributed by atoms with Crippen LogP contribution in [0.5, 0.6) is 0 Å². The van der Waals surface area contributed by atoms with Crippen LogP contribution in [-0.2, 0) is 24.0 Å². The van der Waals surface area contributed by atoms with Crippen LogP contribution in [0.4, 0.5) is 0 Å². The average Bonchev–Trinajstić information content (AvgIpc) is 2.38. The van der Waals surface area contributed by atoms with Crippen molar-refractivity contribution in [2.24, 2.45) is 0 Å². The van der Waals surface area contributed by atoms with E-state index in [0.29, 0.717) is 0 Å². The third kappa shape index (κ3) is 164. The van der Waals surface area contributed by atoms with E-state index < -0.39 is 30.0 Å². The number of aliphatic hydroxyl groups is 2. The summed E-state index contributed by atoms with van der Waals surface area (Å²) in [5, 5.41) is 53.4. The van der Waals surface area contributed by atoms with Gasteiger partial charge in [0.2, 0.25) is 0 Å². The molecule has 0 saturated carbocycles. The Morgan fingerprint density at radius 2 is 1.08 bits per heavy atom. The molecular formula is C12H24O12. The largest absolute Gasteiger partial charge is 0.483 e. The first kappa shape index (κ1) is 33.0. The van der Waals surface area contributed by atoms with Gasteiger partial charge >= 0.3 is 17.9 Å². The van der Waals surface area contributed by atoms with Crippen molar-refractivity contribution in [2.75, 3.05) is 6.61 Å². The fourth-order valence-corrected chi connectivity index (χ4v) is 0.214. The maximum atomic E-state index is 9.64. The molecule has 1 unspecified atom stereocenters. The van der Waals surface area contributed by atoms with Gasteiger partial charge in [-0.05, 0) is 13.8 Å². The normalized spacial score (nSPS) is 8.54. The standard InChI is InChI=1S/C4H6O4.C3H6O3.C2H4O2.C2H6O.CH2O2/c5-3(6)1-2-4(7)8;1-2(4)3(5)6;1-2(3)4;1-2-3;2-1-3/h1-2H2,(H,5,6)(H,7,8);2,4H,1H3,(H,5,6);1H3,(H,3,4);3H,2H2,1H3;1H,(H,2,3). The predicted molar refractivity (Wildman–Crippen MR) is 78.6 cm³/mol. The molecule has 0 aromatic carbocycles. The summed E-state index contributed by atoms with van der Waals surface area (Å²) >= 11 is 0.